The molecule has 0 saturated heterocycles. The maximum atomic E-state index is 9.81. The topological polar surface area (TPSA) is 55.5 Å². The highest BCUT2D eigenvalue weighted by molar-refractivity contribution is 5.85. The Morgan fingerprint density at radius 3 is 2.42 bits per heavy atom. The van der Waals surface area contributed by atoms with E-state index in [1.165, 1.54) is 0 Å². The van der Waals surface area contributed by atoms with Gasteiger partial charge in [-0.15, -0.1) is 12.4 Å². The third kappa shape index (κ3) is 3.27. The second-order valence-corrected chi connectivity index (χ2v) is 3.49. The van der Waals surface area contributed by atoms with Crippen molar-refractivity contribution in [2.45, 2.75) is 37.3 Å². The van der Waals surface area contributed by atoms with Crippen LogP contribution in [0.25, 0.3) is 0 Å². The van der Waals surface area contributed by atoms with Gasteiger partial charge in [0, 0.05) is 13.2 Å². The van der Waals surface area contributed by atoms with Crippen molar-refractivity contribution in [3.63, 3.8) is 0 Å². The molecule has 0 atom stereocenters. The maximum absolute atomic E-state index is 9.81. The Morgan fingerprint density at radius 1 is 1.50 bits per heavy atom. The summed E-state index contributed by atoms with van der Waals surface area (Å²) in [5.41, 5.74) is 5.11. The first-order chi connectivity index (χ1) is 5.16. The Morgan fingerprint density at radius 2 is 2.00 bits per heavy atom. The fourth-order valence-corrected chi connectivity index (χ4v) is 1.59. The van der Waals surface area contributed by atoms with Gasteiger partial charge < -0.3 is 15.6 Å². The molecular weight excluding hydrogens is 178 g/mol. The molecule has 3 N–H and O–H groups in total. The van der Waals surface area contributed by atoms with Crippen molar-refractivity contribution in [2.24, 2.45) is 5.73 Å². The first-order valence-electron chi connectivity index (χ1n) is 4.13. The summed E-state index contributed by atoms with van der Waals surface area (Å²) in [7, 11) is 1.62. The van der Waals surface area contributed by atoms with Crippen LogP contribution in [0, 0.1) is 0 Å². The molecule has 0 spiro atoms. The monoisotopic (exact) mass is 195 g/mol. The Labute approximate surface area is 79.7 Å². The summed E-state index contributed by atoms with van der Waals surface area (Å²) < 4.78 is 4.93. The average molecular weight is 196 g/mol. The normalized spacial score (nSPS) is 35.8. The van der Waals surface area contributed by atoms with Crippen molar-refractivity contribution in [3.05, 3.63) is 0 Å². The molecule has 0 aromatic heterocycles. The highest BCUT2D eigenvalue weighted by atomic mass is 35.5. The number of hydrogen-bond acceptors (Lipinski definition) is 3. The van der Waals surface area contributed by atoms with Gasteiger partial charge in [0.2, 0.25) is 0 Å². The van der Waals surface area contributed by atoms with E-state index in [4.69, 9.17) is 10.5 Å². The van der Waals surface area contributed by atoms with Crippen LogP contribution >= 0.6 is 12.4 Å². The van der Waals surface area contributed by atoms with Crippen molar-refractivity contribution >= 4 is 12.4 Å². The quantitative estimate of drug-likeness (QED) is 0.682. The van der Waals surface area contributed by atoms with Crippen LogP contribution in [0.4, 0.5) is 0 Å². The molecule has 3 nitrogen and oxygen atoms in total. The third-order valence-corrected chi connectivity index (χ3v) is 2.37. The van der Waals surface area contributed by atoms with Gasteiger partial charge in [-0.1, -0.05) is 0 Å². The van der Waals surface area contributed by atoms with Crippen LogP contribution in [0.2, 0.25) is 0 Å². The fraction of sp³-hybridized carbons (Fsp3) is 1.00. The van der Waals surface area contributed by atoms with Gasteiger partial charge >= 0.3 is 0 Å². The van der Waals surface area contributed by atoms with E-state index in [0.717, 1.165) is 25.7 Å². The lowest BCUT2D eigenvalue weighted by atomic mass is 9.83. The van der Waals surface area contributed by atoms with Crippen LogP contribution < -0.4 is 5.73 Å². The number of methoxy groups -OCH3 is 1. The fourth-order valence-electron chi connectivity index (χ4n) is 1.59. The Balaban J connectivity index is 0.00000121. The lowest BCUT2D eigenvalue weighted by Gasteiger charge is -2.33. The second kappa shape index (κ2) is 5.02. The molecule has 0 amide bonds. The molecule has 0 aromatic carbocycles. The summed E-state index contributed by atoms with van der Waals surface area (Å²) in [5.74, 6) is 0. The van der Waals surface area contributed by atoms with Crippen molar-refractivity contribution in [1.29, 1.82) is 0 Å². The van der Waals surface area contributed by atoms with E-state index in [1.807, 2.05) is 0 Å². The van der Waals surface area contributed by atoms with Crippen LogP contribution in [0.5, 0.6) is 0 Å². The summed E-state index contributed by atoms with van der Waals surface area (Å²) in [6, 6.07) is 0.284. The van der Waals surface area contributed by atoms with E-state index in [9.17, 15) is 5.11 Å². The summed E-state index contributed by atoms with van der Waals surface area (Å²) in [6.45, 7) is 0.444. The van der Waals surface area contributed by atoms with Gasteiger partial charge in [0.05, 0.1) is 12.2 Å². The van der Waals surface area contributed by atoms with Gasteiger partial charge in [0.25, 0.3) is 0 Å². The van der Waals surface area contributed by atoms with E-state index < -0.39 is 5.60 Å². The molecule has 0 radical (unpaired) electrons. The number of nitrogens with two attached hydrogens (primary N) is 1. The molecule has 4 heteroatoms. The van der Waals surface area contributed by atoms with E-state index in [0.29, 0.717) is 6.61 Å². The second-order valence-electron chi connectivity index (χ2n) is 3.49. The Hall–Kier alpha value is 0.170. The van der Waals surface area contributed by atoms with Crippen LogP contribution in [-0.4, -0.2) is 30.5 Å². The highest BCUT2D eigenvalue weighted by Gasteiger charge is 2.31. The molecule has 1 saturated carbocycles. The van der Waals surface area contributed by atoms with E-state index in [-0.39, 0.29) is 18.4 Å². The van der Waals surface area contributed by atoms with Gasteiger partial charge in [-0.2, -0.15) is 0 Å². The number of hydrogen-bond donors (Lipinski definition) is 2. The summed E-state index contributed by atoms with van der Waals surface area (Å²) in [4.78, 5) is 0. The van der Waals surface area contributed by atoms with Crippen LogP contribution in [0.3, 0.4) is 0 Å². The molecule has 1 aliphatic rings. The number of ether oxygens (including phenoxy) is 1. The van der Waals surface area contributed by atoms with Gasteiger partial charge in [-0.3, -0.25) is 0 Å². The van der Waals surface area contributed by atoms with Crippen molar-refractivity contribution in [1.82, 2.24) is 0 Å². The minimum absolute atomic E-state index is 0. The zero-order valence-corrected chi connectivity index (χ0v) is 8.27. The summed E-state index contributed by atoms with van der Waals surface area (Å²) in [5, 5.41) is 9.81. The lowest BCUT2D eigenvalue weighted by Crippen LogP contribution is -2.41. The molecule has 1 rings (SSSR count). The summed E-state index contributed by atoms with van der Waals surface area (Å²) in [6.07, 6.45) is 3.39. The minimum Gasteiger partial charge on any atom is -0.387 e. The van der Waals surface area contributed by atoms with Crippen LogP contribution in [-0.2, 0) is 4.74 Å². The molecule has 0 aromatic rings. The number of aliphatic hydroxyl groups is 1. The number of rotatable bonds is 2. The molecule has 0 unspecified atom stereocenters. The van der Waals surface area contributed by atoms with Gasteiger partial charge in [-0.05, 0) is 25.7 Å². The first-order valence-corrected chi connectivity index (χ1v) is 4.13. The first kappa shape index (κ1) is 12.2. The zero-order valence-electron chi connectivity index (χ0n) is 7.45. The van der Waals surface area contributed by atoms with Crippen molar-refractivity contribution in [3.8, 4) is 0 Å². The number of halogens is 1. The zero-order chi connectivity index (χ0) is 8.32. The molecule has 0 aliphatic heterocycles. The van der Waals surface area contributed by atoms with E-state index >= 15 is 0 Å². The molecule has 1 fully saturated rings. The molecule has 0 bridgehead atoms. The Kier molecular flexibility index (Phi) is 5.09. The maximum Gasteiger partial charge on any atom is 0.0881 e. The van der Waals surface area contributed by atoms with Crippen LogP contribution in [0.15, 0.2) is 0 Å². The predicted octanol–water partition coefficient (Wildman–Crippen LogP) is 0.687. The molecule has 1 aliphatic carbocycles. The van der Waals surface area contributed by atoms with Crippen molar-refractivity contribution < 1.29 is 9.84 Å². The average Bonchev–Trinajstić information content (AvgIpc) is 1.97. The highest BCUT2D eigenvalue weighted by Crippen LogP contribution is 2.27. The predicted molar refractivity (Wildman–Crippen MR) is 50.5 cm³/mol. The van der Waals surface area contributed by atoms with Crippen LogP contribution in [0.1, 0.15) is 25.7 Å². The molecular formula is C8H18ClNO2. The van der Waals surface area contributed by atoms with Gasteiger partial charge in [-0.25, -0.2) is 0 Å². The standard InChI is InChI=1S/C8H17NO2.ClH/c1-11-6-8(10)4-2-7(9)3-5-8;/h7,10H,2-6,9H2,1H3;1H/t7-,8+;. The largest absolute Gasteiger partial charge is 0.387 e. The smallest absolute Gasteiger partial charge is 0.0881 e. The molecule has 74 valence electrons. The molecule has 0 heterocycles. The summed E-state index contributed by atoms with van der Waals surface area (Å²) >= 11 is 0. The van der Waals surface area contributed by atoms with Gasteiger partial charge in [0.1, 0.15) is 0 Å². The minimum atomic E-state index is -0.593. The molecule has 12 heavy (non-hydrogen) atoms. The van der Waals surface area contributed by atoms with E-state index in [1.54, 1.807) is 7.11 Å². The SMILES string of the molecule is COC[C@]1(O)CC[C@@H](N)CC1.Cl. The van der Waals surface area contributed by atoms with E-state index in [2.05, 4.69) is 0 Å². The van der Waals surface area contributed by atoms with Gasteiger partial charge in [0.15, 0.2) is 0 Å². The third-order valence-electron chi connectivity index (χ3n) is 2.37. The Bertz CT molecular complexity index is 124. The lowest BCUT2D eigenvalue weighted by molar-refractivity contribution is -0.0583. The van der Waals surface area contributed by atoms with Crippen molar-refractivity contribution in [2.75, 3.05) is 13.7 Å².